The maximum absolute atomic E-state index is 13.5. The summed E-state index contributed by atoms with van der Waals surface area (Å²) < 4.78 is 24.0. The van der Waals surface area contributed by atoms with Crippen LogP contribution in [0.5, 0.6) is 5.75 Å². The first-order valence-corrected chi connectivity index (χ1v) is 12.3. The normalized spacial score (nSPS) is 14.7. The molecule has 10 heteroatoms. The number of methoxy groups -OCH3 is 2. The maximum atomic E-state index is 13.5. The van der Waals surface area contributed by atoms with Gasteiger partial charge in [0.15, 0.2) is 17.4 Å². The topological polar surface area (TPSA) is 125 Å². The molecule has 38 heavy (non-hydrogen) atoms. The number of anilines is 2. The number of hydrogen-bond donors (Lipinski definition) is 2. The van der Waals surface area contributed by atoms with Gasteiger partial charge in [0.05, 0.1) is 24.2 Å². The van der Waals surface area contributed by atoms with E-state index in [4.69, 9.17) is 25.2 Å². The first-order valence-electron chi connectivity index (χ1n) is 12.3. The molecule has 1 aromatic carbocycles. The molecule has 1 aliphatic heterocycles. The molecule has 0 radical (unpaired) electrons. The molecule has 0 saturated heterocycles. The van der Waals surface area contributed by atoms with Crippen LogP contribution < -0.4 is 15.8 Å². The molecule has 0 saturated carbocycles. The molecule has 0 amide bonds. The Morgan fingerprint density at radius 3 is 2.61 bits per heavy atom. The molecule has 0 aliphatic carbocycles. The minimum absolute atomic E-state index is 0.0511. The van der Waals surface area contributed by atoms with E-state index in [9.17, 15) is 9.18 Å². The largest absolute Gasteiger partial charge is 0.493 e. The van der Waals surface area contributed by atoms with Gasteiger partial charge in [0, 0.05) is 50.0 Å². The number of ether oxygens (including phenoxy) is 2. The zero-order valence-electron chi connectivity index (χ0n) is 21.9. The van der Waals surface area contributed by atoms with Crippen LogP contribution in [0.25, 0.3) is 11.3 Å². The number of halogens is 1. The lowest BCUT2D eigenvalue weighted by atomic mass is 10.00. The lowest BCUT2D eigenvalue weighted by Crippen LogP contribution is -2.24. The summed E-state index contributed by atoms with van der Waals surface area (Å²) in [5.41, 5.74) is 10.5. The van der Waals surface area contributed by atoms with Crippen molar-refractivity contribution in [2.24, 2.45) is 10.9 Å². The van der Waals surface area contributed by atoms with E-state index >= 15 is 0 Å². The van der Waals surface area contributed by atoms with Crippen LogP contribution in [0.4, 0.5) is 16.2 Å². The number of aromatic nitrogens is 3. The molecular formula is C28H31FN6O3. The van der Waals surface area contributed by atoms with Crippen LogP contribution in [0.15, 0.2) is 53.8 Å². The Bertz CT molecular complexity index is 1370. The summed E-state index contributed by atoms with van der Waals surface area (Å²) in [4.78, 5) is 30.4. The first-order chi connectivity index (χ1) is 18.3. The van der Waals surface area contributed by atoms with Gasteiger partial charge in [-0.1, -0.05) is 19.1 Å². The fourth-order valence-electron chi connectivity index (χ4n) is 4.09. The number of nitrogen functional groups attached to an aromatic ring is 1. The van der Waals surface area contributed by atoms with Crippen LogP contribution in [0.3, 0.4) is 0 Å². The van der Waals surface area contributed by atoms with Crippen LogP contribution in [-0.2, 0) is 9.53 Å². The standard InChI is InChI=1S/C28H31FN6O3/c1-16(11-24(36)17(2)37-3)14-33-28-31-10-9-22(35-28)21-13-23(18-5-7-20(29)8-6-18)34-26(21)19-12-25(38-4)27(30)32-15-19/h5-10,12,15-17H,11,13-14H2,1-4H3,(H2,30,32)(H,31,33,35)/t16-,17-/m1/s1. The molecule has 0 spiro atoms. The summed E-state index contributed by atoms with van der Waals surface area (Å²) in [6.07, 6.45) is 3.75. The summed E-state index contributed by atoms with van der Waals surface area (Å²) in [7, 11) is 3.06. The summed E-state index contributed by atoms with van der Waals surface area (Å²) in [6, 6.07) is 9.84. The Kier molecular flexibility index (Phi) is 8.42. The molecule has 0 bridgehead atoms. The second kappa shape index (κ2) is 11.9. The van der Waals surface area contributed by atoms with Gasteiger partial charge in [0.1, 0.15) is 11.9 Å². The van der Waals surface area contributed by atoms with Crippen LogP contribution in [-0.4, -0.2) is 53.3 Å². The minimum Gasteiger partial charge on any atom is -0.493 e. The predicted molar refractivity (Wildman–Crippen MR) is 145 cm³/mol. The summed E-state index contributed by atoms with van der Waals surface area (Å²) in [5, 5.41) is 3.23. The average molecular weight is 519 g/mol. The predicted octanol–water partition coefficient (Wildman–Crippen LogP) is 4.40. The van der Waals surface area contributed by atoms with Crippen molar-refractivity contribution in [3.63, 3.8) is 0 Å². The minimum atomic E-state index is -0.429. The number of benzene rings is 1. The lowest BCUT2D eigenvalue weighted by Gasteiger charge is -2.15. The number of pyridine rings is 1. The number of nitrogens with zero attached hydrogens (tertiary/aromatic N) is 4. The van der Waals surface area contributed by atoms with E-state index in [1.54, 1.807) is 37.5 Å². The SMILES string of the molecule is COc1cc(C2=C(c3ccnc(NC[C@H](C)CC(=O)[C@@H](C)OC)n3)CC(c3ccc(F)cc3)=N2)cnc1N. The number of ketones is 1. The van der Waals surface area contributed by atoms with Gasteiger partial charge in [0.2, 0.25) is 5.95 Å². The molecule has 1 aliphatic rings. The van der Waals surface area contributed by atoms with Crippen molar-refractivity contribution < 1.29 is 18.7 Å². The number of aliphatic imine (C=N–C) groups is 1. The van der Waals surface area contributed by atoms with E-state index < -0.39 is 6.10 Å². The number of rotatable bonds is 11. The van der Waals surface area contributed by atoms with Gasteiger partial charge >= 0.3 is 0 Å². The Hall–Kier alpha value is -4.18. The molecule has 0 unspecified atom stereocenters. The molecule has 4 rings (SSSR count). The van der Waals surface area contributed by atoms with Crippen molar-refractivity contribution in [3.8, 4) is 5.75 Å². The second-order valence-electron chi connectivity index (χ2n) is 9.18. The lowest BCUT2D eigenvalue weighted by molar-refractivity contribution is -0.128. The van der Waals surface area contributed by atoms with Crippen LogP contribution >= 0.6 is 0 Å². The fraction of sp³-hybridized carbons (Fsp3) is 0.321. The van der Waals surface area contributed by atoms with E-state index in [0.29, 0.717) is 42.5 Å². The first kappa shape index (κ1) is 26.9. The van der Waals surface area contributed by atoms with E-state index in [1.165, 1.54) is 26.4 Å². The number of nitrogens with two attached hydrogens (primary N) is 1. The Morgan fingerprint density at radius 1 is 1.13 bits per heavy atom. The molecule has 2 aromatic heterocycles. The van der Waals surface area contributed by atoms with E-state index in [1.807, 2.05) is 13.0 Å². The highest BCUT2D eigenvalue weighted by atomic mass is 19.1. The van der Waals surface area contributed by atoms with Crippen LogP contribution in [0.1, 0.15) is 43.5 Å². The number of nitrogens with one attached hydrogen (secondary N) is 1. The molecule has 0 fully saturated rings. The number of carbonyl (C=O) groups is 1. The van der Waals surface area contributed by atoms with Crippen molar-refractivity contribution in [2.45, 2.75) is 32.8 Å². The van der Waals surface area contributed by atoms with Gasteiger partial charge in [0.25, 0.3) is 0 Å². The Labute approximate surface area is 221 Å². The molecule has 3 heterocycles. The highest BCUT2D eigenvalue weighted by Gasteiger charge is 2.24. The van der Waals surface area contributed by atoms with Crippen molar-refractivity contribution in [1.82, 2.24) is 15.0 Å². The third-order valence-electron chi connectivity index (χ3n) is 6.36. The Balaban J connectivity index is 1.62. The van der Waals surface area contributed by atoms with Gasteiger partial charge in [-0.2, -0.15) is 0 Å². The molecule has 2 atom stereocenters. The third kappa shape index (κ3) is 6.20. The van der Waals surface area contributed by atoms with Gasteiger partial charge < -0.3 is 20.5 Å². The average Bonchev–Trinajstić information content (AvgIpc) is 3.38. The van der Waals surface area contributed by atoms with Gasteiger partial charge in [-0.05, 0) is 42.7 Å². The van der Waals surface area contributed by atoms with E-state index in [2.05, 4.69) is 15.3 Å². The molecular weight excluding hydrogens is 487 g/mol. The van der Waals surface area contributed by atoms with Crippen molar-refractivity contribution in [2.75, 3.05) is 31.8 Å². The second-order valence-corrected chi connectivity index (χ2v) is 9.18. The van der Waals surface area contributed by atoms with Crippen molar-refractivity contribution in [3.05, 3.63) is 71.4 Å². The van der Waals surface area contributed by atoms with Crippen LogP contribution in [0, 0.1) is 11.7 Å². The summed E-state index contributed by atoms with van der Waals surface area (Å²) >= 11 is 0. The quantitative estimate of drug-likeness (QED) is 0.383. The Morgan fingerprint density at radius 2 is 1.89 bits per heavy atom. The van der Waals surface area contributed by atoms with Gasteiger partial charge in [-0.25, -0.2) is 19.3 Å². The number of Topliss-reactive ketones (excluding diaryl/α,β-unsaturated/α-hetero) is 1. The highest BCUT2D eigenvalue weighted by Crippen LogP contribution is 2.38. The monoisotopic (exact) mass is 518 g/mol. The van der Waals surface area contributed by atoms with Crippen molar-refractivity contribution >= 4 is 34.5 Å². The zero-order valence-corrected chi connectivity index (χ0v) is 21.9. The van der Waals surface area contributed by atoms with Gasteiger partial charge in [-0.15, -0.1) is 0 Å². The van der Waals surface area contributed by atoms with E-state index in [0.717, 1.165) is 22.4 Å². The van der Waals surface area contributed by atoms with E-state index in [-0.39, 0.29) is 23.3 Å². The van der Waals surface area contributed by atoms with Gasteiger partial charge in [-0.3, -0.25) is 9.79 Å². The highest BCUT2D eigenvalue weighted by molar-refractivity contribution is 6.16. The van der Waals surface area contributed by atoms with Crippen LogP contribution in [0.2, 0.25) is 0 Å². The van der Waals surface area contributed by atoms with Crippen molar-refractivity contribution in [1.29, 1.82) is 0 Å². The fourth-order valence-corrected chi connectivity index (χ4v) is 4.09. The third-order valence-corrected chi connectivity index (χ3v) is 6.36. The summed E-state index contributed by atoms with van der Waals surface area (Å²) in [6.45, 7) is 4.25. The zero-order chi connectivity index (χ0) is 27.2. The number of carbonyl (C=O) groups excluding carboxylic acids is 1. The summed E-state index contributed by atoms with van der Waals surface area (Å²) in [5.74, 6) is 0.964. The maximum Gasteiger partial charge on any atom is 0.223 e. The molecule has 9 nitrogen and oxygen atoms in total. The number of hydrogen-bond acceptors (Lipinski definition) is 9. The molecule has 198 valence electrons. The molecule has 3 aromatic rings. The molecule has 3 N–H and O–H groups in total. The smallest absolute Gasteiger partial charge is 0.223 e. The number of allylic oxidation sites excluding steroid dienone is 1.